The molecule has 5 heteroatoms. The summed E-state index contributed by atoms with van der Waals surface area (Å²) >= 11 is 0. The van der Waals surface area contributed by atoms with E-state index in [1.54, 1.807) is 52.1 Å². The summed E-state index contributed by atoms with van der Waals surface area (Å²) < 4.78 is 0. The van der Waals surface area contributed by atoms with Gasteiger partial charge in [-0.15, -0.1) is 0 Å². The largest absolute Gasteiger partial charge is 0.378 e. The monoisotopic (exact) mass is 276 g/mol. The van der Waals surface area contributed by atoms with Gasteiger partial charge in [0, 0.05) is 7.05 Å². The van der Waals surface area contributed by atoms with Gasteiger partial charge in [0.15, 0.2) is 6.10 Å². The highest BCUT2D eigenvalue weighted by molar-refractivity contribution is 5.93. The average Bonchev–Trinajstić information content (AvgIpc) is 2.59. The zero-order valence-corrected chi connectivity index (χ0v) is 12.2. The third-order valence-corrected chi connectivity index (χ3v) is 4.07. The number of likely N-dealkylation sites (N-methyl/N-ethyl adjacent to an activating group) is 1. The first-order chi connectivity index (χ1) is 9.28. The zero-order valence-electron chi connectivity index (χ0n) is 12.2. The second-order valence-corrected chi connectivity index (χ2v) is 5.59. The number of aliphatic hydroxyl groups excluding tert-OH is 1. The molecular formula is C15H20N2O3. The van der Waals surface area contributed by atoms with Crippen LogP contribution in [0.1, 0.15) is 32.4 Å². The van der Waals surface area contributed by atoms with E-state index in [0.29, 0.717) is 5.56 Å². The van der Waals surface area contributed by atoms with E-state index in [-0.39, 0.29) is 5.91 Å². The molecule has 1 aromatic carbocycles. The fourth-order valence-electron chi connectivity index (χ4n) is 2.67. The molecule has 1 fully saturated rings. The van der Waals surface area contributed by atoms with Crippen LogP contribution >= 0.6 is 0 Å². The molecule has 20 heavy (non-hydrogen) atoms. The zero-order chi connectivity index (χ0) is 15.1. The van der Waals surface area contributed by atoms with E-state index >= 15 is 0 Å². The average molecular weight is 276 g/mol. The van der Waals surface area contributed by atoms with Gasteiger partial charge in [-0.05, 0) is 26.3 Å². The minimum atomic E-state index is -1.25. The normalized spacial score (nSPS) is 23.1. The molecule has 0 unspecified atom stereocenters. The molecule has 0 saturated carbocycles. The Balaban J connectivity index is 2.31. The van der Waals surface area contributed by atoms with Crippen molar-refractivity contribution in [3.8, 4) is 0 Å². The van der Waals surface area contributed by atoms with E-state index in [1.807, 2.05) is 6.07 Å². The van der Waals surface area contributed by atoms with Gasteiger partial charge in [-0.2, -0.15) is 0 Å². The molecule has 1 aromatic rings. The molecule has 1 heterocycles. The third-order valence-electron chi connectivity index (χ3n) is 4.07. The first-order valence-corrected chi connectivity index (χ1v) is 6.62. The summed E-state index contributed by atoms with van der Waals surface area (Å²) in [6, 6.07) is 8.17. The fourth-order valence-corrected chi connectivity index (χ4v) is 2.67. The van der Waals surface area contributed by atoms with Crippen molar-refractivity contribution < 1.29 is 14.7 Å². The van der Waals surface area contributed by atoms with Crippen molar-refractivity contribution in [3.05, 3.63) is 35.9 Å². The van der Waals surface area contributed by atoms with Crippen molar-refractivity contribution >= 4 is 11.8 Å². The highest BCUT2D eigenvalue weighted by Gasteiger charge is 2.51. The van der Waals surface area contributed by atoms with Gasteiger partial charge < -0.3 is 14.9 Å². The van der Waals surface area contributed by atoms with Gasteiger partial charge in [0.05, 0.1) is 0 Å². The minimum absolute atomic E-state index is 0.122. The topological polar surface area (TPSA) is 60.9 Å². The van der Waals surface area contributed by atoms with Crippen LogP contribution in [0.2, 0.25) is 0 Å². The number of nitrogens with zero attached hydrogens (tertiary/aromatic N) is 2. The van der Waals surface area contributed by atoms with Gasteiger partial charge in [-0.1, -0.05) is 30.3 Å². The lowest BCUT2D eigenvalue weighted by molar-refractivity contribution is -0.148. The molecule has 1 aliphatic rings. The standard InChI is InChI=1S/C15H20N2O3/c1-10-13(19)16(4)15(2,3)17(10)14(20)12(18)11-8-6-5-7-9-11/h5-10,12,18H,1-4H3/t10-,12-/m0/s1. The van der Waals surface area contributed by atoms with E-state index in [4.69, 9.17) is 0 Å². The van der Waals surface area contributed by atoms with Crippen LogP contribution in [0, 0.1) is 0 Å². The van der Waals surface area contributed by atoms with Crippen LogP contribution in [0.5, 0.6) is 0 Å². The number of aliphatic hydroxyl groups is 1. The number of benzene rings is 1. The Bertz CT molecular complexity index is 527. The molecule has 0 bridgehead atoms. The number of rotatable bonds is 2. The number of hydrogen-bond acceptors (Lipinski definition) is 3. The van der Waals surface area contributed by atoms with Gasteiger partial charge in [0.1, 0.15) is 11.7 Å². The lowest BCUT2D eigenvalue weighted by Crippen LogP contribution is -2.52. The smallest absolute Gasteiger partial charge is 0.258 e. The summed E-state index contributed by atoms with van der Waals surface area (Å²) in [6.45, 7) is 5.28. The van der Waals surface area contributed by atoms with Crippen molar-refractivity contribution in [1.29, 1.82) is 0 Å². The van der Waals surface area contributed by atoms with Gasteiger partial charge in [-0.3, -0.25) is 9.59 Å². The van der Waals surface area contributed by atoms with Crippen LogP contribution in [0.15, 0.2) is 30.3 Å². The van der Waals surface area contributed by atoms with E-state index in [0.717, 1.165) is 0 Å². The van der Waals surface area contributed by atoms with Crippen molar-refractivity contribution in [2.24, 2.45) is 0 Å². The van der Waals surface area contributed by atoms with Crippen LogP contribution in [-0.4, -0.2) is 45.5 Å². The molecule has 2 atom stereocenters. The highest BCUT2D eigenvalue weighted by Crippen LogP contribution is 2.32. The van der Waals surface area contributed by atoms with Gasteiger partial charge >= 0.3 is 0 Å². The van der Waals surface area contributed by atoms with E-state index in [9.17, 15) is 14.7 Å². The molecular weight excluding hydrogens is 256 g/mol. The molecule has 108 valence electrons. The lowest BCUT2D eigenvalue weighted by atomic mass is 10.1. The maximum Gasteiger partial charge on any atom is 0.258 e. The Morgan fingerprint density at radius 1 is 1.30 bits per heavy atom. The molecule has 0 spiro atoms. The Morgan fingerprint density at radius 2 is 1.85 bits per heavy atom. The number of carbonyl (C=O) groups is 2. The summed E-state index contributed by atoms with van der Waals surface area (Å²) in [4.78, 5) is 27.6. The summed E-state index contributed by atoms with van der Waals surface area (Å²) in [5.74, 6) is -0.574. The van der Waals surface area contributed by atoms with E-state index in [1.165, 1.54) is 9.80 Å². The Hall–Kier alpha value is -1.88. The molecule has 0 aliphatic carbocycles. The third kappa shape index (κ3) is 2.08. The van der Waals surface area contributed by atoms with Crippen LogP contribution < -0.4 is 0 Å². The molecule has 2 amide bonds. The van der Waals surface area contributed by atoms with Gasteiger partial charge in [0.25, 0.3) is 5.91 Å². The predicted octanol–water partition coefficient (Wildman–Crippen LogP) is 1.15. The summed E-state index contributed by atoms with van der Waals surface area (Å²) in [6.07, 6.45) is -1.25. The predicted molar refractivity (Wildman–Crippen MR) is 74.6 cm³/mol. The van der Waals surface area contributed by atoms with Crippen LogP contribution in [0.4, 0.5) is 0 Å². The lowest BCUT2D eigenvalue weighted by Gasteiger charge is -2.37. The number of carbonyl (C=O) groups excluding carboxylic acids is 2. The maximum absolute atomic E-state index is 12.6. The Kier molecular flexibility index (Phi) is 3.56. The van der Waals surface area contributed by atoms with E-state index in [2.05, 4.69) is 0 Å². The van der Waals surface area contributed by atoms with Crippen molar-refractivity contribution in [2.45, 2.75) is 38.6 Å². The van der Waals surface area contributed by atoms with Crippen molar-refractivity contribution in [3.63, 3.8) is 0 Å². The maximum atomic E-state index is 12.6. The fraction of sp³-hybridized carbons (Fsp3) is 0.467. The quantitative estimate of drug-likeness (QED) is 0.881. The summed E-state index contributed by atoms with van der Waals surface area (Å²) in [5.41, 5.74) is -0.217. The second-order valence-electron chi connectivity index (χ2n) is 5.59. The molecule has 1 aliphatic heterocycles. The number of hydrogen-bond donors (Lipinski definition) is 1. The van der Waals surface area contributed by atoms with Crippen LogP contribution in [0.3, 0.4) is 0 Å². The second kappa shape index (κ2) is 4.90. The highest BCUT2D eigenvalue weighted by atomic mass is 16.3. The first-order valence-electron chi connectivity index (χ1n) is 6.62. The van der Waals surface area contributed by atoms with Gasteiger partial charge in [-0.25, -0.2) is 0 Å². The first kappa shape index (κ1) is 14.5. The molecule has 5 nitrogen and oxygen atoms in total. The molecule has 0 aromatic heterocycles. The summed E-state index contributed by atoms with van der Waals surface area (Å²) in [7, 11) is 1.67. The van der Waals surface area contributed by atoms with E-state index < -0.39 is 23.7 Å². The van der Waals surface area contributed by atoms with Crippen molar-refractivity contribution in [2.75, 3.05) is 7.05 Å². The Morgan fingerprint density at radius 3 is 2.30 bits per heavy atom. The van der Waals surface area contributed by atoms with Crippen LogP contribution in [-0.2, 0) is 9.59 Å². The minimum Gasteiger partial charge on any atom is -0.378 e. The van der Waals surface area contributed by atoms with Gasteiger partial charge in [0.2, 0.25) is 5.91 Å². The molecule has 2 rings (SSSR count). The van der Waals surface area contributed by atoms with Crippen molar-refractivity contribution in [1.82, 2.24) is 9.80 Å². The SMILES string of the molecule is C[C@H]1C(=O)N(C)C(C)(C)N1C(=O)[C@@H](O)c1ccccc1. The molecule has 1 saturated heterocycles. The molecule has 1 N–H and O–H groups in total. The molecule has 0 radical (unpaired) electrons. The Labute approximate surface area is 118 Å². The van der Waals surface area contributed by atoms with Crippen LogP contribution in [0.25, 0.3) is 0 Å². The number of amides is 2. The summed E-state index contributed by atoms with van der Waals surface area (Å²) in [5, 5.41) is 10.3.